The van der Waals surface area contributed by atoms with E-state index < -0.39 is 0 Å². The number of nitrogens with zero attached hydrogens (tertiary/aromatic N) is 2. The topological polar surface area (TPSA) is 44.2 Å². The summed E-state index contributed by atoms with van der Waals surface area (Å²) in [7, 11) is 0. The van der Waals surface area contributed by atoms with Crippen LogP contribution in [0, 0.1) is 0 Å². The summed E-state index contributed by atoms with van der Waals surface area (Å²) in [6.07, 6.45) is 1.55. The predicted octanol–water partition coefficient (Wildman–Crippen LogP) is 3.09. The van der Waals surface area contributed by atoms with E-state index in [9.17, 15) is 0 Å². The summed E-state index contributed by atoms with van der Waals surface area (Å²) >= 11 is 8.92. The van der Waals surface area contributed by atoms with E-state index in [0.717, 1.165) is 0 Å². The Morgan fingerprint density at radius 1 is 1.38 bits per heavy atom. The zero-order chi connectivity index (χ0) is 12.2. The predicted molar refractivity (Wildman–Crippen MR) is 65.9 cm³/mol. The van der Waals surface area contributed by atoms with E-state index in [2.05, 4.69) is 25.9 Å². The summed E-state index contributed by atoms with van der Waals surface area (Å²) in [4.78, 5) is 7.74. The van der Waals surface area contributed by atoms with Gasteiger partial charge < -0.3 is 9.47 Å². The van der Waals surface area contributed by atoms with Crippen molar-refractivity contribution in [1.29, 1.82) is 0 Å². The number of aromatic nitrogens is 2. The van der Waals surface area contributed by atoms with Gasteiger partial charge >= 0.3 is 0 Å². The molecule has 4 nitrogen and oxygen atoms in total. The molecule has 0 unspecified atom stereocenters. The van der Waals surface area contributed by atoms with Crippen LogP contribution in [0.25, 0.3) is 0 Å². The highest BCUT2D eigenvalue weighted by atomic mass is 79.9. The molecule has 1 heterocycles. The molecule has 0 aromatic carbocycles. The van der Waals surface area contributed by atoms with Crippen molar-refractivity contribution in [2.45, 2.75) is 26.4 Å². The normalized spacial score (nSPS) is 11.6. The zero-order valence-corrected chi connectivity index (χ0v) is 11.8. The average molecular weight is 310 g/mol. The first kappa shape index (κ1) is 13.7. The van der Waals surface area contributed by atoms with Gasteiger partial charge in [-0.2, -0.15) is 4.98 Å². The van der Waals surface area contributed by atoms with Gasteiger partial charge in [-0.05, 0) is 48.3 Å². The molecular weight excluding hydrogens is 295 g/mol. The lowest BCUT2D eigenvalue weighted by atomic mass is 10.2. The van der Waals surface area contributed by atoms with Crippen LogP contribution in [0.5, 0.6) is 5.88 Å². The Balaban J connectivity index is 2.40. The van der Waals surface area contributed by atoms with Gasteiger partial charge in [-0.25, -0.2) is 4.98 Å². The summed E-state index contributed by atoms with van der Waals surface area (Å²) in [5.74, 6) is 0.428. The van der Waals surface area contributed by atoms with E-state index >= 15 is 0 Å². The molecule has 0 amide bonds. The van der Waals surface area contributed by atoms with Gasteiger partial charge in [0.2, 0.25) is 11.2 Å². The second kappa shape index (κ2) is 5.80. The SMILES string of the molecule is CC(C)(C)OCCOc1nc(Cl)ncc1Br. The van der Waals surface area contributed by atoms with Gasteiger partial charge in [0.15, 0.2) is 0 Å². The third-order valence-corrected chi connectivity index (χ3v) is 2.27. The second-order valence-electron chi connectivity index (χ2n) is 4.10. The summed E-state index contributed by atoms with van der Waals surface area (Å²) in [6.45, 7) is 6.89. The van der Waals surface area contributed by atoms with Crippen LogP contribution in [0.1, 0.15) is 20.8 Å². The lowest BCUT2D eigenvalue weighted by Gasteiger charge is -2.19. The standard InChI is InChI=1S/C10H14BrClN2O2/c1-10(2,3)16-5-4-15-8-7(11)6-13-9(12)14-8/h6H,4-5H2,1-3H3. The van der Waals surface area contributed by atoms with Crippen molar-refractivity contribution >= 4 is 27.5 Å². The van der Waals surface area contributed by atoms with Crippen LogP contribution in [-0.2, 0) is 4.74 Å². The Hall–Kier alpha value is -0.390. The highest BCUT2D eigenvalue weighted by Gasteiger charge is 2.10. The van der Waals surface area contributed by atoms with Gasteiger partial charge in [0.05, 0.1) is 16.7 Å². The quantitative estimate of drug-likeness (QED) is 0.633. The van der Waals surface area contributed by atoms with Crippen molar-refractivity contribution in [2.75, 3.05) is 13.2 Å². The first-order valence-corrected chi connectivity index (χ1v) is 6.00. The number of rotatable bonds is 4. The van der Waals surface area contributed by atoms with Crippen molar-refractivity contribution in [3.63, 3.8) is 0 Å². The molecule has 0 atom stereocenters. The third kappa shape index (κ3) is 5.09. The Kier molecular flexibility index (Phi) is 4.95. The van der Waals surface area contributed by atoms with Gasteiger partial charge in [0.25, 0.3) is 0 Å². The molecule has 0 N–H and O–H groups in total. The van der Waals surface area contributed by atoms with E-state index in [-0.39, 0.29) is 10.9 Å². The minimum absolute atomic E-state index is 0.162. The van der Waals surface area contributed by atoms with Crippen LogP contribution >= 0.6 is 27.5 Å². The maximum Gasteiger partial charge on any atom is 0.232 e. The van der Waals surface area contributed by atoms with Crippen LogP contribution in [0.15, 0.2) is 10.7 Å². The van der Waals surface area contributed by atoms with Crippen LogP contribution in [0.2, 0.25) is 5.28 Å². The summed E-state index contributed by atoms with van der Waals surface area (Å²) in [5.41, 5.74) is -0.163. The monoisotopic (exact) mass is 308 g/mol. The fourth-order valence-corrected chi connectivity index (χ4v) is 1.35. The maximum absolute atomic E-state index is 5.65. The molecule has 1 aromatic heterocycles. The molecule has 0 bridgehead atoms. The van der Waals surface area contributed by atoms with Gasteiger partial charge in [0.1, 0.15) is 6.61 Å². The minimum atomic E-state index is -0.163. The molecule has 0 fully saturated rings. The third-order valence-electron chi connectivity index (χ3n) is 1.54. The van der Waals surface area contributed by atoms with Gasteiger partial charge in [-0.1, -0.05) is 0 Å². The molecule has 1 rings (SSSR count). The van der Waals surface area contributed by atoms with Crippen LogP contribution in [0.3, 0.4) is 0 Å². The Bertz CT molecular complexity index is 355. The number of hydrogen-bond acceptors (Lipinski definition) is 4. The van der Waals surface area contributed by atoms with E-state index in [0.29, 0.717) is 23.6 Å². The molecule has 16 heavy (non-hydrogen) atoms. The first-order valence-electron chi connectivity index (χ1n) is 4.83. The van der Waals surface area contributed by atoms with Crippen molar-refractivity contribution < 1.29 is 9.47 Å². The van der Waals surface area contributed by atoms with E-state index in [1.54, 1.807) is 6.20 Å². The highest BCUT2D eigenvalue weighted by Crippen LogP contribution is 2.22. The lowest BCUT2D eigenvalue weighted by molar-refractivity contribution is -0.0169. The molecule has 90 valence electrons. The highest BCUT2D eigenvalue weighted by molar-refractivity contribution is 9.10. The number of hydrogen-bond donors (Lipinski definition) is 0. The van der Waals surface area contributed by atoms with Gasteiger partial charge in [-0.3, -0.25) is 0 Å². The van der Waals surface area contributed by atoms with Gasteiger partial charge in [-0.15, -0.1) is 0 Å². The fraction of sp³-hybridized carbons (Fsp3) is 0.600. The van der Waals surface area contributed by atoms with Crippen LogP contribution in [-0.4, -0.2) is 28.8 Å². The molecule has 0 spiro atoms. The molecule has 0 radical (unpaired) electrons. The van der Waals surface area contributed by atoms with Gasteiger partial charge in [0, 0.05) is 6.20 Å². The summed E-state index contributed by atoms with van der Waals surface area (Å²) < 4.78 is 11.6. The Morgan fingerprint density at radius 2 is 2.06 bits per heavy atom. The Morgan fingerprint density at radius 3 is 2.69 bits per heavy atom. The van der Waals surface area contributed by atoms with Crippen LogP contribution in [0.4, 0.5) is 0 Å². The molecule has 0 aliphatic carbocycles. The number of halogens is 2. The van der Waals surface area contributed by atoms with Crippen LogP contribution < -0.4 is 4.74 Å². The average Bonchev–Trinajstić information content (AvgIpc) is 2.16. The summed E-state index contributed by atoms with van der Waals surface area (Å²) in [5, 5.41) is 0.162. The van der Waals surface area contributed by atoms with Crippen molar-refractivity contribution in [3.8, 4) is 5.88 Å². The van der Waals surface area contributed by atoms with Crippen molar-refractivity contribution in [3.05, 3.63) is 16.0 Å². The molecule has 1 aromatic rings. The molecule has 0 aliphatic rings. The number of ether oxygens (including phenoxy) is 2. The molecule has 0 saturated carbocycles. The Labute approximate surface area is 108 Å². The summed E-state index contributed by atoms with van der Waals surface area (Å²) in [6, 6.07) is 0. The fourth-order valence-electron chi connectivity index (χ4n) is 0.919. The molecule has 0 saturated heterocycles. The molecular formula is C10H14BrClN2O2. The maximum atomic E-state index is 5.65. The lowest BCUT2D eigenvalue weighted by Crippen LogP contribution is -2.22. The smallest absolute Gasteiger partial charge is 0.232 e. The van der Waals surface area contributed by atoms with Crippen molar-refractivity contribution in [1.82, 2.24) is 9.97 Å². The largest absolute Gasteiger partial charge is 0.474 e. The minimum Gasteiger partial charge on any atom is -0.474 e. The molecule has 0 aliphatic heterocycles. The molecule has 6 heteroatoms. The zero-order valence-electron chi connectivity index (χ0n) is 9.46. The second-order valence-corrected chi connectivity index (χ2v) is 5.29. The van der Waals surface area contributed by atoms with Crippen molar-refractivity contribution in [2.24, 2.45) is 0 Å². The van der Waals surface area contributed by atoms with E-state index in [4.69, 9.17) is 21.1 Å². The first-order chi connectivity index (χ1) is 7.38. The van der Waals surface area contributed by atoms with E-state index in [1.807, 2.05) is 20.8 Å². The van der Waals surface area contributed by atoms with E-state index in [1.165, 1.54) is 0 Å².